The maximum atomic E-state index is 12.3. The van der Waals surface area contributed by atoms with Gasteiger partial charge in [0.05, 0.1) is 5.54 Å². The number of nitrogens with zero attached hydrogens (tertiary/aromatic N) is 1. The Balaban J connectivity index is 1.99. The van der Waals surface area contributed by atoms with Crippen molar-refractivity contribution in [1.29, 1.82) is 0 Å². The summed E-state index contributed by atoms with van der Waals surface area (Å²) in [5.74, 6) is -0.00276. The SMILES string of the molecule is CC(C)N(C)Cc1ccccc1CNC(=O)C1(N)CCCC1. The molecule has 0 aromatic heterocycles. The zero-order valence-electron chi connectivity index (χ0n) is 14.1. The molecular formula is C18H29N3O. The van der Waals surface area contributed by atoms with Gasteiger partial charge in [-0.3, -0.25) is 9.69 Å². The topological polar surface area (TPSA) is 58.4 Å². The van der Waals surface area contributed by atoms with E-state index in [0.717, 1.165) is 32.2 Å². The molecule has 0 aliphatic heterocycles. The van der Waals surface area contributed by atoms with Gasteiger partial charge in [-0.05, 0) is 44.9 Å². The van der Waals surface area contributed by atoms with Gasteiger partial charge in [0.2, 0.25) is 5.91 Å². The summed E-state index contributed by atoms with van der Waals surface area (Å²) >= 11 is 0. The average Bonchev–Trinajstić information content (AvgIpc) is 2.94. The van der Waals surface area contributed by atoms with E-state index in [1.54, 1.807) is 0 Å². The molecule has 0 atom stereocenters. The Labute approximate surface area is 134 Å². The van der Waals surface area contributed by atoms with Crippen LogP contribution in [-0.4, -0.2) is 29.4 Å². The number of carbonyl (C=O) groups excluding carboxylic acids is 1. The first-order valence-electron chi connectivity index (χ1n) is 8.26. The highest BCUT2D eigenvalue weighted by atomic mass is 16.2. The van der Waals surface area contributed by atoms with E-state index in [-0.39, 0.29) is 5.91 Å². The van der Waals surface area contributed by atoms with Crippen molar-refractivity contribution in [1.82, 2.24) is 10.2 Å². The lowest BCUT2D eigenvalue weighted by Crippen LogP contribution is -2.51. The normalized spacial score (nSPS) is 17.2. The van der Waals surface area contributed by atoms with Gasteiger partial charge in [-0.2, -0.15) is 0 Å². The summed E-state index contributed by atoms with van der Waals surface area (Å²) in [4.78, 5) is 14.6. The Kier molecular flexibility index (Phi) is 5.59. The maximum Gasteiger partial charge on any atom is 0.240 e. The van der Waals surface area contributed by atoms with Gasteiger partial charge in [0.15, 0.2) is 0 Å². The van der Waals surface area contributed by atoms with E-state index >= 15 is 0 Å². The molecule has 0 spiro atoms. The second-order valence-electron chi connectivity index (χ2n) is 6.82. The van der Waals surface area contributed by atoms with Crippen LogP contribution in [0.3, 0.4) is 0 Å². The average molecular weight is 303 g/mol. The maximum absolute atomic E-state index is 12.3. The van der Waals surface area contributed by atoms with E-state index < -0.39 is 5.54 Å². The van der Waals surface area contributed by atoms with Crippen LogP contribution < -0.4 is 11.1 Å². The largest absolute Gasteiger partial charge is 0.350 e. The van der Waals surface area contributed by atoms with Crippen molar-refractivity contribution < 1.29 is 4.79 Å². The van der Waals surface area contributed by atoms with Gasteiger partial charge in [0, 0.05) is 19.1 Å². The number of nitrogens with one attached hydrogen (secondary N) is 1. The minimum atomic E-state index is -0.649. The lowest BCUT2D eigenvalue weighted by atomic mass is 9.98. The molecule has 0 saturated heterocycles. The van der Waals surface area contributed by atoms with E-state index in [0.29, 0.717) is 12.6 Å². The van der Waals surface area contributed by atoms with E-state index in [9.17, 15) is 4.79 Å². The molecule has 22 heavy (non-hydrogen) atoms. The zero-order valence-corrected chi connectivity index (χ0v) is 14.1. The van der Waals surface area contributed by atoms with Crippen molar-refractivity contribution in [3.8, 4) is 0 Å². The number of hydrogen-bond donors (Lipinski definition) is 2. The molecule has 1 saturated carbocycles. The van der Waals surface area contributed by atoms with Crippen LogP contribution in [0.4, 0.5) is 0 Å². The van der Waals surface area contributed by atoms with Crippen LogP contribution in [0.25, 0.3) is 0 Å². The molecule has 0 heterocycles. The summed E-state index contributed by atoms with van der Waals surface area (Å²) in [5, 5.41) is 3.04. The van der Waals surface area contributed by atoms with Gasteiger partial charge in [0.25, 0.3) is 0 Å². The lowest BCUT2D eigenvalue weighted by molar-refractivity contribution is -0.126. The van der Waals surface area contributed by atoms with E-state index in [1.807, 2.05) is 6.07 Å². The first kappa shape index (κ1) is 17.0. The Morgan fingerprint density at radius 2 is 1.86 bits per heavy atom. The first-order valence-corrected chi connectivity index (χ1v) is 8.26. The number of amides is 1. The summed E-state index contributed by atoms with van der Waals surface area (Å²) in [6.45, 7) is 5.81. The third-order valence-corrected chi connectivity index (χ3v) is 4.81. The molecule has 0 bridgehead atoms. The Morgan fingerprint density at radius 3 is 2.45 bits per heavy atom. The number of hydrogen-bond acceptors (Lipinski definition) is 3. The number of nitrogens with two attached hydrogens (primary N) is 1. The second kappa shape index (κ2) is 7.25. The standard InChI is InChI=1S/C18H29N3O/c1-14(2)21(3)13-16-9-5-4-8-15(16)12-20-17(22)18(19)10-6-7-11-18/h4-5,8-9,14H,6-7,10-13,19H2,1-3H3,(H,20,22). The van der Waals surface area contributed by atoms with Gasteiger partial charge < -0.3 is 11.1 Å². The van der Waals surface area contributed by atoms with E-state index in [1.165, 1.54) is 11.1 Å². The molecule has 3 N–H and O–H groups in total. The second-order valence-corrected chi connectivity index (χ2v) is 6.82. The van der Waals surface area contributed by atoms with Crippen molar-refractivity contribution in [2.45, 2.75) is 64.2 Å². The van der Waals surface area contributed by atoms with Crippen molar-refractivity contribution in [3.05, 3.63) is 35.4 Å². The third-order valence-electron chi connectivity index (χ3n) is 4.81. The summed E-state index contributed by atoms with van der Waals surface area (Å²) in [7, 11) is 2.12. The van der Waals surface area contributed by atoms with E-state index in [2.05, 4.69) is 49.3 Å². The van der Waals surface area contributed by atoms with Crippen LogP contribution in [0.15, 0.2) is 24.3 Å². The van der Waals surface area contributed by atoms with Gasteiger partial charge in [-0.1, -0.05) is 37.1 Å². The highest BCUT2D eigenvalue weighted by Gasteiger charge is 2.36. The van der Waals surface area contributed by atoms with Crippen LogP contribution in [0.5, 0.6) is 0 Å². The van der Waals surface area contributed by atoms with Crippen molar-refractivity contribution in [2.75, 3.05) is 7.05 Å². The molecule has 4 nitrogen and oxygen atoms in total. The van der Waals surface area contributed by atoms with Crippen molar-refractivity contribution in [2.24, 2.45) is 5.73 Å². The molecule has 2 rings (SSSR count). The zero-order chi connectivity index (χ0) is 16.2. The van der Waals surface area contributed by atoms with Crippen LogP contribution in [0.2, 0.25) is 0 Å². The van der Waals surface area contributed by atoms with Gasteiger partial charge >= 0.3 is 0 Å². The van der Waals surface area contributed by atoms with Crippen LogP contribution in [0.1, 0.15) is 50.7 Å². The van der Waals surface area contributed by atoms with Crippen LogP contribution in [0, 0.1) is 0 Å². The van der Waals surface area contributed by atoms with Crippen molar-refractivity contribution >= 4 is 5.91 Å². The fraction of sp³-hybridized carbons (Fsp3) is 0.611. The molecule has 1 amide bonds. The number of carbonyl (C=O) groups is 1. The molecule has 0 radical (unpaired) electrons. The molecule has 1 aromatic rings. The predicted molar refractivity (Wildman–Crippen MR) is 90.3 cm³/mol. The first-order chi connectivity index (χ1) is 10.4. The third kappa shape index (κ3) is 4.08. The predicted octanol–water partition coefficient (Wildman–Crippen LogP) is 2.41. The Hall–Kier alpha value is -1.39. The van der Waals surface area contributed by atoms with Gasteiger partial charge in [0.1, 0.15) is 0 Å². The summed E-state index contributed by atoms with van der Waals surface area (Å²) in [5.41, 5.74) is 7.99. The van der Waals surface area contributed by atoms with Gasteiger partial charge in [-0.25, -0.2) is 0 Å². The highest BCUT2D eigenvalue weighted by molar-refractivity contribution is 5.86. The fourth-order valence-electron chi connectivity index (χ4n) is 2.92. The molecule has 4 heteroatoms. The number of benzene rings is 1. The quantitative estimate of drug-likeness (QED) is 0.848. The summed E-state index contributed by atoms with van der Waals surface area (Å²) in [6.07, 6.45) is 3.71. The molecule has 1 aromatic carbocycles. The fourth-order valence-corrected chi connectivity index (χ4v) is 2.92. The molecule has 1 aliphatic rings. The van der Waals surface area contributed by atoms with Crippen molar-refractivity contribution in [3.63, 3.8) is 0 Å². The molecule has 1 aliphatic carbocycles. The smallest absolute Gasteiger partial charge is 0.240 e. The Bertz CT molecular complexity index is 507. The molecule has 1 fully saturated rings. The van der Waals surface area contributed by atoms with Crippen LogP contribution >= 0.6 is 0 Å². The van der Waals surface area contributed by atoms with Gasteiger partial charge in [-0.15, -0.1) is 0 Å². The monoisotopic (exact) mass is 303 g/mol. The molecular weight excluding hydrogens is 274 g/mol. The summed E-state index contributed by atoms with van der Waals surface area (Å²) in [6, 6.07) is 8.79. The van der Waals surface area contributed by atoms with Crippen LogP contribution in [-0.2, 0) is 17.9 Å². The minimum absolute atomic E-state index is 0.00276. The minimum Gasteiger partial charge on any atom is -0.350 e. The lowest BCUT2D eigenvalue weighted by Gasteiger charge is -2.24. The Morgan fingerprint density at radius 1 is 1.27 bits per heavy atom. The summed E-state index contributed by atoms with van der Waals surface area (Å²) < 4.78 is 0. The number of rotatable bonds is 6. The molecule has 0 unspecified atom stereocenters. The molecule has 122 valence electrons. The highest BCUT2D eigenvalue weighted by Crippen LogP contribution is 2.27. The van der Waals surface area contributed by atoms with E-state index in [4.69, 9.17) is 5.73 Å².